The lowest BCUT2D eigenvalue weighted by Crippen LogP contribution is -2.51. The molecule has 1 aromatic heterocycles. The zero-order valence-corrected chi connectivity index (χ0v) is 12.5. The van der Waals surface area contributed by atoms with E-state index in [9.17, 15) is 14.7 Å². The molecule has 112 valence electrons. The first-order chi connectivity index (χ1) is 10.1. The van der Waals surface area contributed by atoms with E-state index in [-0.39, 0.29) is 6.03 Å². The Hall–Kier alpha value is -1.56. The number of carbonyl (C=O) groups is 2. The van der Waals surface area contributed by atoms with Gasteiger partial charge >= 0.3 is 12.0 Å². The lowest BCUT2D eigenvalue weighted by molar-refractivity contribution is -0.143. The molecule has 5 nitrogen and oxygen atoms in total. The highest BCUT2D eigenvalue weighted by molar-refractivity contribution is 7.10. The Morgan fingerprint density at radius 3 is 2.81 bits per heavy atom. The van der Waals surface area contributed by atoms with Crippen LogP contribution in [-0.4, -0.2) is 46.0 Å². The van der Waals surface area contributed by atoms with Crippen LogP contribution < -0.4 is 0 Å². The van der Waals surface area contributed by atoms with E-state index in [1.54, 1.807) is 16.2 Å². The summed E-state index contributed by atoms with van der Waals surface area (Å²) in [4.78, 5) is 29.1. The second-order valence-corrected chi connectivity index (χ2v) is 7.25. The van der Waals surface area contributed by atoms with Crippen molar-refractivity contribution in [1.82, 2.24) is 9.80 Å². The van der Waals surface area contributed by atoms with Gasteiger partial charge in [-0.2, -0.15) is 0 Å². The molecule has 6 heteroatoms. The molecule has 0 aromatic carbocycles. The van der Waals surface area contributed by atoms with Crippen molar-refractivity contribution in [3.8, 4) is 0 Å². The zero-order valence-electron chi connectivity index (χ0n) is 11.7. The van der Waals surface area contributed by atoms with Crippen LogP contribution in [0.15, 0.2) is 11.4 Å². The predicted molar refractivity (Wildman–Crippen MR) is 78.3 cm³/mol. The fourth-order valence-electron chi connectivity index (χ4n) is 4.11. The van der Waals surface area contributed by atoms with Gasteiger partial charge in [-0.3, -0.25) is 0 Å². The Kier molecular flexibility index (Phi) is 2.96. The Labute approximate surface area is 127 Å². The Bertz CT molecular complexity index is 599. The van der Waals surface area contributed by atoms with Crippen LogP contribution in [0.1, 0.15) is 35.7 Å². The van der Waals surface area contributed by atoms with Gasteiger partial charge in [0.2, 0.25) is 0 Å². The fourth-order valence-corrected chi connectivity index (χ4v) is 5.02. The smallest absolute Gasteiger partial charge is 0.331 e. The first-order valence-corrected chi connectivity index (χ1v) is 8.39. The third kappa shape index (κ3) is 1.96. The Morgan fingerprint density at radius 1 is 1.29 bits per heavy atom. The SMILES string of the molecule is O=C(O)C1c2ccsc2CCN1C(=O)N1CC2CCC1C2. The Balaban J connectivity index is 1.62. The largest absolute Gasteiger partial charge is 0.479 e. The van der Waals surface area contributed by atoms with Crippen molar-refractivity contribution in [2.45, 2.75) is 37.8 Å². The molecule has 3 atom stereocenters. The van der Waals surface area contributed by atoms with Crippen molar-refractivity contribution >= 4 is 23.3 Å². The molecular weight excluding hydrogens is 288 g/mol. The normalized spacial score (nSPS) is 30.6. The summed E-state index contributed by atoms with van der Waals surface area (Å²) in [5, 5.41) is 11.5. The number of rotatable bonds is 1. The monoisotopic (exact) mass is 306 g/mol. The van der Waals surface area contributed by atoms with Gasteiger partial charge < -0.3 is 14.9 Å². The van der Waals surface area contributed by atoms with Crippen molar-refractivity contribution in [2.24, 2.45) is 5.92 Å². The van der Waals surface area contributed by atoms with Gasteiger partial charge in [-0.1, -0.05) is 0 Å². The average Bonchev–Trinajstić information content (AvgIpc) is 3.20. The molecule has 0 radical (unpaired) electrons. The minimum Gasteiger partial charge on any atom is -0.479 e. The molecule has 3 unspecified atom stereocenters. The van der Waals surface area contributed by atoms with Gasteiger partial charge in [-0.25, -0.2) is 9.59 Å². The molecule has 1 saturated carbocycles. The number of hydrogen-bond donors (Lipinski definition) is 1. The van der Waals surface area contributed by atoms with E-state index < -0.39 is 12.0 Å². The molecule has 21 heavy (non-hydrogen) atoms. The van der Waals surface area contributed by atoms with E-state index in [0.29, 0.717) is 18.5 Å². The van der Waals surface area contributed by atoms with Gasteiger partial charge in [0.15, 0.2) is 6.04 Å². The summed E-state index contributed by atoms with van der Waals surface area (Å²) < 4.78 is 0. The molecular formula is C15H18N2O3S. The van der Waals surface area contributed by atoms with Crippen LogP contribution >= 0.6 is 11.3 Å². The zero-order chi connectivity index (χ0) is 14.6. The number of urea groups is 1. The van der Waals surface area contributed by atoms with Crippen LogP contribution in [-0.2, 0) is 11.2 Å². The number of carboxylic acid groups (broad SMARTS) is 1. The van der Waals surface area contributed by atoms with Crippen molar-refractivity contribution in [3.63, 3.8) is 0 Å². The van der Waals surface area contributed by atoms with Crippen LogP contribution in [0.3, 0.4) is 0 Å². The van der Waals surface area contributed by atoms with Crippen molar-refractivity contribution < 1.29 is 14.7 Å². The number of hydrogen-bond acceptors (Lipinski definition) is 3. The highest BCUT2D eigenvalue weighted by Crippen LogP contribution is 2.40. The van der Waals surface area contributed by atoms with Crippen LogP contribution in [0.2, 0.25) is 0 Å². The lowest BCUT2D eigenvalue weighted by atomic mass is 10.0. The fraction of sp³-hybridized carbons (Fsp3) is 0.600. The molecule has 2 aliphatic heterocycles. The molecule has 1 aromatic rings. The summed E-state index contributed by atoms with van der Waals surface area (Å²) in [7, 11) is 0. The van der Waals surface area contributed by atoms with Gasteiger partial charge in [0.25, 0.3) is 0 Å². The number of fused-ring (bicyclic) bond motifs is 3. The van der Waals surface area contributed by atoms with Gasteiger partial charge in [-0.05, 0) is 48.6 Å². The maximum atomic E-state index is 12.8. The van der Waals surface area contributed by atoms with Crippen LogP contribution in [0, 0.1) is 5.92 Å². The van der Waals surface area contributed by atoms with Crippen molar-refractivity contribution in [1.29, 1.82) is 0 Å². The summed E-state index contributed by atoms with van der Waals surface area (Å²) in [6.45, 7) is 1.32. The molecule has 3 aliphatic rings. The van der Waals surface area contributed by atoms with E-state index in [2.05, 4.69) is 0 Å². The maximum Gasteiger partial charge on any atom is 0.331 e. The third-order valence-electron chi connectivity index (χ3n) is 5.10. The Morgan fingerprint density at radius 2 is 2.14 bits per heavy atom. The molecule has 4 rings (SSSR count). The highest BCUT2D eigenvalue weighted by Gasteiger charge is 2.45. The standard InChI is InChI=1S/C15H18N2O3S/c18-14(19)13-11-4-6-21-12(11)3-5-16(13)15(20)17-8-9-1-2-10(17)7-9/h4,6,9-10,13H,1-3,5,7-8H2,(H,18,19). The number of likely N-dealkylation sites (tertiary alicyclic amines) is 1. The van der Waals surface area contributed by atoms with Gasteiger partial charge in [-0.15, -0.1) is 11.3 Å². The van der Waals surface area contributed by atoms with Crippen LogP contribution in [0.4, 0.5) is 4.79 Å². The first-order valence-electron chi connectivity index (χ1n) is 7.51. The summed E-state index contributed by atoms with van der Waals surface area (Å²) >= 11 is 1.59. The summed E-state index contributed by atoms with van der Waals surface area (Å²) in [5.41, 5.74) is 0.802. The molecule has 1 saturated heterocycles. The third-order valence-corrected chi connectivity index (χ3v) is 6.10. The molecule has 1 N–H and O–H groups in total. The van der Waals surface area contributed by atoms with Gasteiger partial charge in [0.1, 0.15) is 0 Å². The summed E-state index contributed by atoms with van der Waals surface area (Å²) in [5.74, 6) is -0.296. The minimum atomic E-state index is -0.924. The van der Waals surface area contributed by atoms with Crippen molar-refractivity contribution in [3.05, 3.63) is 21.9 Å². The number of aliphatic carboxylic acids is 1. The van der Waals surface area contributed by atoms with E-state index in [1.165, 1.54) is 6.42 Å². The first kappa shape index (κ1) is 13.1. The average molecular weight is 306 g/mol. The molecule has 2 fully saturated rings. The number of nitrogens with zero attached hydrogens (tertiary/aromatic N) is 2. The number of amides is 2. The van der Waals surface area contributed by atoms with E-state index in [4.69, 9.17) is 0 Å². The van der Waals surface area contributed by atoms with E-state index >= 15 is 0 Å². The van der Waals surface area contributed by atoms with Gasteiger partial charge in [0.05, 0.1) is 0 Å². The van der Waals surface area contributed by atoms with E-state index in [1.807, 2.05) is 16.3 Å². The van der Waals surface area contributed by atoms with Crippen molar-refractivity contribution in [2.75, 3.05) is 13.1 Å². The van der Waals surface area contributed by atoms with E-state index in [0.717, 1.165) is 36.2 Å². The molecule has 1 aliphatic carbocycles. The van der Waals surface area contributed by atoms with Gasteiger partial charge in [0, 0.05) is 24.0 Å². The molecule has 2 bridgehead atoms. The maximum absolute atomic E-state index is 12.8. The number of thiophene rings is 1. The number of piperidine rings is 1. The summed E-state index contributed by atoms with van der Waals surface area (Å²) in [6, 6.07) is 1.30. The summed E-state index contributed by atoms with van der Waals surface area (Å²) in [6.07, 6.45) is 4.16. The number of carbonyl (C=O) groups excluding carboxylic acids is 1. The number of carboxylic acids is 1. The lowest BCUT2D eigenvalue weighted by Gasteiger charge is -2.38. The predicted octanol–water partition coefficient (Wildman–Crippen LogP) is 2.34. The second kappa shape index (κ2) is 4.73. The quantitative estimate of drug-likeness (QED) is 0.866. The highest BCUT2D eigenvalue weighted by atomic mass is 32.1. The van der Waals surface area contributed by atoms with Crippen LogP contribution in [0.25, 0.3) is 0 Å². The molecule has 3 heterocycles. The topological polar surface area (TPSA) is 60.9 Å². The second-order valence-electron chi connectivity index (χ2n) is 6.25. The van der Waals surface area contributed by atoms with Crippen LogP contribution in [0.5, 0.6) is 0 Å². The molecule has 2 amide bonds. The molecule has 0 spiro atoms. The minimum absolute atomic E-state index is 0.0774.